The first kappa shape index (κ1) is 18.2. The number of hydrogen-bond acceptors (Lipinski definition) is 5. The van der Waals surface area contributed by atoms with Crippen LogP contribution in [0, 0.1) is 5.82 Å². The number of methoxy groups -OCH3 is 2. The van der Waals surface area contributed by atoms with Crippen molar-refractivity contribution in [2.45, 2.75) is 0 Å². The number of carbonyl (C=O) groups is 1. The second-order valence-electron chi connectivity index (χ2n) is 5.59. The molecule has 0 aliphatic carbocycles. The summed E-state index contributed by atoms with van der Waals surface area (Å²) in [6.07, 6.45) is 1.53. The largest absolute Gasteiger partial charge is 0.493 e. The maximum atomic E-state index is 12.9. The van der Waals surface area contributed by atoms with E-state index < -0.39 is 0 Å². The number of anilines is 3. The standard InChI is InChI=1S/C20H18FN3O3/c1-26-17-9-7-15(11-18(17)27-2)23-19-10-8-16(12-22-19)24-20(25)13-3-5-14(21)6-4-13/h3-12H,1-2H3,(H,22,23)(H,24,25). The zero-order valence-electron chi connectivity index (χ0n) is 14.8. The van der Waals surface area contributed by atoms with Gasteiger partial charge in [0.15, 0.2) is 11.5 Å². The minimum absolute atomic E-state index is 0.336. The van der Waals surface area contributed by atoms with Gasteiger partial charge in [0.05, 0.1) is 26.1 Å². The molecular formula is C20H18FN3O3. The van der Waals surface area contributed by atoms with Gasteiger partial charge in [0.25, 0.3) is 5.91 Å². The van der Waals surface area contributed by atoms with Crippen molar-refractivity contribution in [2.24, 2.45) is 0 Å². The van der Waals surface area contributed by atoms with Crippen LogP contribution in [0.1, 0.15) is 10.4 Å². The van der Waals surface area contributed by atoms with E-state index in [9.17, 15) is 9.18 Å². The smallest absolute Gasteiger partial charge is 0.255 e. The van der Waals surface area contributed by atoms with Crippen LogP contribution in [0.2, 0.25) is 0 Å². The Morgan fingerprint density at radius 2 is 1.63 bits per heavy atom. The van der Waals surface area contributed by atoms with Crippen molar-refractivity contribution >= 4 is 23.1 Å². The Balaban J connectivity index is 1.66. The minimum atomic E-state index is -0.390. The number of benzene rings is 2. The van der Waals surface area contributed by atoms with Crippen molar-refractivity contribution in [1.29, 1.82) is 0 Å². The second-order valence-corrected chi connectivity index (χ2v) is 5.59. The van der Waals surface area contributed by atoms with E-state index in [0.717, 1.165) is 5.69 Å². The molecule has 7 heteroatoms. The Morgan fingerprint density at radius 3 is 2.26 bits per heavy atom. The van der Waals surface area contributed by atoms with E-state index >= 15 is 0 Å². The van der Waals surface area contributed by atoms with Crippen LogP contribution in [0.5, 0.6) is 11.5 Å². The predicted molar refractivity (Wildman–Crippen MR) is 101 cm³/mol. The van der Waals surface area contributed by atoms with E-state index in [-0.39, 0.29) is 11.7 Å². The lowest BCUT2D eigenvalue weighted by atomic mass is 10.2. The first-order valence-corrected chi connectivity index (χ1v) is 8.11. The topological polar surface area (TPSA) is 72.5 Å². The van der Waals surface area contributed by atoms with E-state index in [4.69, 9.17) is 9.47 Å². The Bertz CT molecular complexity index is 928. The van der Waals surface area contributed by atoms with Gasteiger partial charge in [0, 0.05) is 17.3 Å². The van der Waals surface area contributed by atoms with Gasteiger partial charge in [-0.3, -0.25) is 4.79 Å². The van der Waals surface area contributed by atoms with Crippen molar-refractivity contribution in [3.8, 4) is 11.5 Å². The molecule has 2 N–H and O–H groups in total. The van der Waals surface area contributed by atoms with Gasteiger partial charge in [0.1, 0.15) is 11.6 Å². The Morgan fingerprint density at radius 1 is 0.926 bits per heavy atom. The summed E-state index contributed by atoms with van der Waals surface area (Å²) in [5.74, 6) is 1.11. The summed E-state index contributed by atoms with van der Waals surface area (Å²) in [6.45, 7) is 0. The van der Waals surface area contributed by atoms with Crippen LogP contribution in [-0.2, 0) is 0 Å². The van der Waals surface area contributed by atoms with Crippen molar-refractivity contribution < 1.29 is 18.7 Å². The number of pyridine rings is 1. The first-order valence-electron chi connectivity index (χ1n) is 8.11. The van der Waals surface area contributed by atoms with E-state index in [2.05, 4.69) is 15.6 Å². The molecule has 0 aliphatic heterocycles. The zero-order valence-corrected chi connectivity index (χ0v) is 14.8. The van der Waals surface area contributed by atoms with E-state index in [1.807, 2.05) is 6.07 Å². The molecule has 0 unspecified atom stereocenters. The highest BCUT2D eigenvalue weighted by atomic mass is 19.1. The second kappa shape index (κ2) is 8.18. The van der Waals surface area contributed by atoms with E-state index in [1.165, 1.54) is 30.5 Å². The normalized spacial score (nSPS) is 10.2. The van der Waals surface area contributed by atoms with Gasteiger partial charge in [-0.1, -0.05) is 0 Å². The van der Waals surface area contributed by atoms with Crippen molar-refractivity contribution in [2.75, 3.05) is 24.9 Å². The van der Waals surface area contributed by atoms with Crippen LogP contribution >= 0.6 is 0 Å². The summed E-state index contributed by atoms with van der Waals surface area (Å²) in [5.41, 5.74) is 1.68. The fourth-order valence-electron chi connectivity index (χ4n) is 2.41. The van der Waals surface area contributed by atoms with Gasteiger partial charge in [-0.25, -0.2) is 9.37 Å². The molecule has 2 aromatic carbocycles. The maximum absolute atomic E-state index is 12.9. The number of halogens is 1. The average Bonchev–Trinajstić information content (AvgIpc) is 2.69. The molecule has 3 rings (SSSR count). The fraction of sp³-hybridized carbons (Fsp3) is 0.100. The lowest BCUT2D eigenvalue weighted by Crippen LogP contribution is -2.12. The highest BCUT2D eigenvalue weighted by Gasteiger charge is 2.08. The van der Waals surface area contributed by atoms with Crippen LogP contribution in [0.4, 0.5) is 21.6 Å². The van der Waals surface area contributed by atoms with Crippen LogP contribution < -0.4 is 20.1 Å². The summed E-state index contributed by atoms with van der Waals surface area (Å²) < 4.78 is 23.4. The molecule has 6 nitrogen and oxygen atoms in total. The molecule has 1 heterocycles. The molecule has 1 amide bonds. The summed E-state index contributed by atoms with van der Waals surface area (Å²) in [4.78, 5) is 16.4. The van der Waals surface area contributed by atoms with Gasteiger partial charge in [-0.15, -0.1) is 0 Å². The number of rotatable bonds is 6. The Labute approximate surface area is 156 Å². The van der Waals surface area contributed by atoms with Crippen molar-refractivity contribution in [3.05, 3.63) is 72.2 Å². The van der Waals surface area contributed by atoms with Gasteiger partial charge in [-0.05, 0) is 48.5 Å². The highest BCUT2D eigenvalue weighted by Crippen LogP contribution is 2.30. The number of aromatic nitrogens is 1. The number of carbonyl (C=O) groups excluding carboxylic acids is 1. The molecule has 1 aromatic heterocycles. The summed E-state index contributed by atoms with van der Waals surface area (Å²) in [5, 5.41) is 5.86. The number of nitrogens with zero attached hydrogens (tertiary/aromatic N) is 1. The number of hydrogen-bond donors (Lipinski definition) is 2. The van der Waals surface area contributed by atoms with Crippen LogP contribution in [0.15, 0.2) is 60.8 Å². The summed E-state index contributed by atoms with van der Waals surface area (Å²) in [7, 11) is 3.14. The third-order valence-corrected chi connectivity index (χ3v) is 3.78. The lowest BCUT2D eigenvalue weighted by molar-refractivity contribution is 0.102. The third-order valence-electron chi connectivity index (χ3n) is 3.78. The molecule has 0 bridgehead atoms. The molecule has 0 fully saturated rings. The summed E-state index contributed by atoms with van der Waals surface area (Å²) in [6, 6.07) is 14.2. The number of ether oxygens (including phenoxy) is 2. The Kier molecular flexibility index (Phi) is 5.51. The van der Waals surface area contributed by atoms with Crippen LogP contribution in [0.3, 0.4) is 0 Å². The lowest BCUT2D eigenvalue weighted by Gasteiger charge is -2.11. The molecular weight excluding hydrogens is 349 g/mol. The van der Waals surface area contributed by atoms with Crippen LogP contribution in [-0.4, -0.2) is 25.1 Å². The van der Waals surface area contributed by atoms with E-state index in [1.54, 1.807) is 38.5 Å². The Hall–Kier alpha value is -3.61. The van der Waals surface area contributed by atoms with Crippen molar-refractivity contribution in [3.63, 3.8) is 0 Å². The molecule has 3 aromatic rings. The minimum Gasteiger partial charge on any atom is -0.493 e. The number of amides is 1. The average molecular weight is 367 g/mol. The molecule has 0 aliphatic rings. The first-order chi connectivity index (χ1) is 13.1. The predicted octanol–water partition coefficient (Wildman–Crippen LogP) is 4.23. The number of nitrogens with one attached hydrogen (secondary N) is 2. The molecule has 0 spiro atoms. The molecule has 27 heavy (non-hydrogen) atoms. The monoisotopic (exact) mass is 367 g/mol. The SMILES string of the molecule is COc1ccc(Nc2ccc(NC(=O)c3ccc(F)cc3)cn2)cc1OC. The quantitative estimate of drug-likeness (QED) is 0.682. The maximum Gasteiger partial charge on any atom is 0.255 e. The fourth-order valence-corrected chi connectivity index (χ4v) is 2.41. The van der Waals surface area contributed by atoms with Gasteiger partial charge in [0.2, 0.25) is 0 Å². The molecule has 0 atom stereocenters. The zero-order chi connectivity index (χ0) is 19.2. The molecule has 138 valence electrons. The summed E-state index contributed by atoms with van der Waals surface area (Å²) >= 11 is 0. The third kappa shape index (κ3) is 4.52. The highest BCUT2D eigenvalue weighted by molar-refractivity contribution is 6.04. The van der Waals surface area contributed by atoms with Gasteiger partial charge in [-0.2, -0.15) is 0 Å². The van der Waals surface area contributed by atoms with Crippen LogP contribution in [0.25, 0.3) is 0 Å². The molecule has 0 radical (unpaired) electrons. The molecule has 0 saturated carbocycles. The van der Waals surface area contributed by atoms with Gasteiger partial charge < -0.3 is 20.1 Å². The molecule has 0 saturated heterocycles. The van der Waals surface area contributed by atoms with Gasteiger partial charge >= 0.3 is 0 Å². The van der Waals surface area contributed by atoms with Crippen molar-refractivity contribution in [1.82, 2.24) is 4.98 Å². The van der Waals surface area contributed by atoms with E-state index in [0.29, 0.717) is 28.6 Å².